The highest BCUT2D eigenvalue weighted by Gasteiger charge is 2.22. The van der Waals surface area contributed by atoms with Crippen LogP contribution in [-0.2, 0) is 17.9 Å². The molecule has 2 N–H and O–H groups in total. The number of carbonyl (C=O) groups is 2. The van der Waals surface area contributed by atoms with Gasteiger partial charge in [-0.15, -0.1) is 0 Å². The monoisotopic (exact) mass is 656 g/mol. The zero-order chi connectivity index (χ0) is 32.4. The summed E-state index contributed by atoms with van der Waals surface area (Å²) >= 11 is 7.48. The Morgan fingerprint density at radius 1 is 1.13 bits per heavy atom. The molecular weight excluding hydrogens is 624 g/mol. The minimum Gasteiger partial charge on any atom is -0.493 e. The number of benzene rings is 1. The first-order valence-electron chi connectivity index (χ1n) is 14.6. The van der Waals surface area contributed by atoms with E-state index < -0.39 is 0 Å². The first kappa shape index (κ1) is 31.2. The van der Waals surface area contributed by atoms with Gasteiger partial charge in [0.2, 0.25) is 5.91 Å². The van der Waals surface area contributed by atoms with Crippen molar-refractivity contribution in [3.63, 3.8) is 0 Å². The zero-order valence-electron chi connectivity index (χ0n) is 25.9. The minimum atomic E-state index is -0.307. The number of carbonyl (C=O) groups excluding carboxylic acids is 2. The van der Waals surface area contributed by atoms with E-state index in [1.54, 1.807) is 25.4 Å². The number of anilines is 3. The third-order valence-corrected chi connectivity index (χ3v) is 8.82. The molecule has 5 aromatic rings. The van der Waals surface area contributed by atoms with Crippen LogP contribution in [0.1, 0.15) is 20.9 Å². The van der Waals surface area contributed by atoms with E-state index in [0.717, 1.165) is 34.4 Å². The predicted octanol–water partition coefficient (Wildman–Crippen LogP) is 5.98. The maximum Gasteiger partial charge on any atom is 0.267 e. The number of methoxy groups -OCH3 is 1. The molecule has 5 heterocycles. The molecule has 6 rings (SSSR count). The molecule has 0 saturated heterocycles. The zero-order valence-corrected chi connectivity index (χ0v) is 27.4. The van der Waals surface area contributed by atoms with E-state index in [-0.39, 0.29) is 11.8 Å². The molecule has 2 amide bonds. The van der Waals surface area contributed by atoms with Crippen LogP contribution in [0, 0.1) is 6.92 Å². The van der Waals surface area contributed by atoms with Crippen molar-refractivity contribution < 1.29 is 14.3 Å². The van der Waals surface area contributed by atoms with Crippen LogP contribution in [0.2, 0.25) is 5.02 Å². The first-order valence-corrected chi connectivity index (χ1v) is 15.8. The number of rotatable bonds is 9. The molecule has 13 heteroatoms. The van der Waals surface area contributed by atoms with Crippen LogP contribution >= 0.6 is 22.9 Å². The number of aromatic nitrogens is 4. The third kappa shape index (κ3) is 6.59. The largest absolute Gasteiger partial charge is 0.493 e. The highest BCUT2D eigenvalue weighted by molar-refractivity contribution is 7.17. The highest BCUT2D eigenvalue weighted by atomic mass is 35.5. The molecule has 0 saturated carbocycles. The van der Waals surface area contributed by atoms with Gasteiger partial charge in [0.05, 0.1) is 36.3 Å². The number of nitrogens with zero attached hydrogens (tertiary/aromatic N) is 6. The van der Waals surface area contributed by atoms with Crippen molar-refractivity contribution in [1.82, 2.24) is 29.3 Å². The van der Waals surface area contributed by atoms with Gasteiger partial charge in [-0.3, -0.25) is 9.59 Å². The average molecular weight is 657 g/mol. The van der Waals surface area contributed by atoms with Gasteiger partial charge in [-0.2, -0.15) is 0 Å². The summed E-state index contributed by atoms with van der Waals surface area (Å²) in [6, 6.07) is 13.3. The number of ether oxygens (including phenoxy) is 1. The Morgan fingerprint density at radius 3 is 2.76 bits per heavy atom. The lowest BCUT2D eigenvalue weighted by Crippen LogP contribution is -2.37. The van der Waals surface area contributed by atoms with Crippen molar-refractivity contribution in [3.05, 3.63) is 88.2 Å². The van der Waals surface area contributed by atoms with Gasteiger partial charge < -0.3 is 29.7 Å². The van der Waals surface area contributed by atoms with Gasteiger partial charge in [0.1, 0.15) is 10.5 Å². The smallest absolute Gasteiger partial charge is 0.267 e. The fraction of sp³-hybridized carbons (Fsp3) is 0.242. The van der Waals surface area contributed by atoms with Crippen molar-refractivity contribution in [2.45, 2.75) is 20.0 Å². The van der Waals surface area contributed by atoms with Gasteiger partial charge in [-0.1, -0.05) is 41.1 Å². The van der Waals surface area contributed by atoms with Crippen molar-refractivity contribution in [1.29, 1.82) is 0 Å². The van der Waals surface area contributed by atoms with Gasteiger partial charge in [0.15, 0.2) is 16.7 Å². The molecule has 0 unspecified atom stereocenters. The third-order valence-electron chi connectivity index (χ3n) is 7.60. The molecule has 236 valence electrons. The van der Waals surface area contributed by atoms with Crippen LogP contribution in [0.4, 0.5) is 16.6 Å². The number of thiazole rings is 1. The second kappa shape index (κ2) is 13.3. The Kier molecular flexibility index (Phi) is 9.02. The molecule has 4 aromatic heterocycles. The molecule has 11 nitrogen and oxygen atoms in total. The van der Waals surface area contributed by atoms with Gasteiger partial charge in [0.25, 0.3) is 5.91 Å². The Labute approximate surface area is 275 Å². The average Bonchev–Trinajstić information content (AvgIpc) is 3.66. The van der Waals surface area contributed by atoms with E-state index in [2.05, 4.69) is 32.3 Å². The summed E-state index contributed by atoms with van der Waals surface area (Å²) in [4.78, 5) is 43.9. The number of aryl methyl sites for hydroxylation is 1. The second-order valence-electron chi connectivity index (χ2n) is 11.1. The summed E-state index contributed by atoms with van der Waals surface area (Å²) in [5.41, 5.74) is 4.87. The van der Waals surface area contributed by atoms with Gasteiger partial charge >= 0.3 is 0 Å². The summed E-state index contributed by atoms with van der Waals surface area (Å²) in [5, 5.41) is 8.00. The Hall–Kier alpha value is -4.78. The topological polar surface area (TPSA) is 118 Å². The number of amides is 2. The van der Waals surface area contributed by atoms with E-state index in [0.29, 0.717) is 57.6 Å². The molecule has 1 aliphatic rings. The molecule has 0 spiro atoms. The number of fused-ring (bicyclic) bond motifs is 3. The Morgan fingerprint density at radius 2 is 1.98 bits per heavy atom. The summed E-state index contributed by atoms with van der Waals surface area (Å²) in [7, 11) is 5.51. The molecule has 0 aliphatic carbocycles. The SMILES string of the molecule is COc1ccc(-c2cnc3c(c2)cc2n3CCN(C(=O)/C=C/CN(C)C)C2)nc1Nc1ncc(C(=O)Nc2c(C)cccc2Cl)s1. The van der Waals surface area contributed by atoms with Crippen molar-refractivity contribution in [2.24, 2.45) is 0 Å². The van der Waals surface area contributed by atoms with Crippen LogP contribution in [0.15, 0.2) is 67.0 Å². The van der Waals surface area contributed by atoms with E-state index >= 15 is 0 Å². The predicted molar refractivity (Wildman–Crippen MR) is 182 cm³/mol. The molecule has 0 atom stereocenters. The molecule has 0 radical (unpaired) electrons. The van der Waals surface area contributed by atoms with E-state index in [4.69, 9.17) is 26.3 Å². The number of hydrogen-bond acceptors (Lipinski definition) is 9. The quantitative estimate of drug-likeness (QED) is 0.186. The van der Waals surface area contributed by atoms with Crippen molar-refractivity contribution in [2.75, 3.05) is 44.9 Å². The van der Waals surface area contributed by atoms with Crippen LogP contribution < -0.4 is 15.4 Å². The van der Waals surface area contributed by atoms with Crippen LogP contribution in [-0.4, -0.2) is 75.4 Å². The highest BCUT2D eigenvalue weighted by Crippen LogP contribution is 2.33. The van der Waals surface area contributed by atoms with Gasteiger partial charge in [0, 0.05) is 48.6 Å². The summed E-state index contributed by atoms with van der Waals surface area (Å²) in [6.45, 7) is 4.43. The lowest BCUT2D eigenvalue weighted by Gasteiger charge is -2.27. The summed E-state index contributed by atoms with van der Waals surface area (Å²) in [5.74, 6) is 0.682. The van der Waals surface area contributed by atoms with E-state index in [1.165, 1.54) is 17.5 Å². The molecule has 46 heavy (non-hydrogen) atoms. The van der Waals surface area contributed by atoms with Crippen LogP contribution in [0.5, 0.6) is 5.75 Å². The van der Waals surface area contributed by atoms with Gasteiger partial charge in [-0.25, -0.2) is 15.0 Å². The van der Waals surface area contributed by atoms with E-state index in [1.807, 2.05) is 61.2 Å². The number of likely N-dealkylation sites (N-methyl/N-ethyl adjacent to an activating group) is 1. The van der Waals surface area contributed by atoms with Crippen molar-refractivity contribution >= 4 is 62.4 Å². The lowest BCUT2D eigenvalue weighted by atomic mass is 10.1. The molecule has 0 bridgehead atoms. The van der Waals surface area contributed by atoms with Crippen LogP contribution in [0.3, 0.4) is 0 Å². The lowest BCUT2D eigenvalue weighted by molar-refractivity contribution is -0.127. The number of halogens is 1. The summed E-state index contributed by atoms with van der Waals surface area (Å²) < 4.78 is 7.73. The molecule has 1 aliphatic heterocycles. The number of pyridine rings is 2. The van der Waals surface area contributed by atoms with Crippen molar-refractivity contribution in [3.8, 4) is 17.0 Å². The number of nitrogens with one attached hydrogen (secondary N) is 2. The fourth-order valence-corrected chi connectivity index (χ4v) is 6.22. The second-order valence-corrected chi connectivity index (χ2v) is 12.6. The van der Waals surface area contributed by atoms with E-state index in [9.17, 15) is 9.59 Å². The fourth-order valence-electron chi connectivity index (χ4n) is 5.24. The summed E-state index contributed by atoms with van der Waals surface area (Å²) in [6.07, 6.45) is 6.85. The van der Waals surface area contributed by atoms with Crippen LogP contribution in [0.25, 0.3) is 22.3 Å². The first-order chi connectivity index (χ1) is 22.2. The maximum absolute atomic E-state index is 12.9. The Balaban J connectivity index is 1.20. The Bertz CT molecular complexity index is 1950. The maximum atomic E-state index is 12.9. The number of hydrogen-bond donors (Lipinski definition) is 2. The normalized spacial score (nSPS) is 13.0. The minimum absolute atomic E-state index is 0.0122. The van der Waals surface area contributed by atoms with Gasteiger partial charge in [-0.05, 0) is 56.9 Å². The number of para-hydroxylation sites is 1. The molecule has 1 aromatic carbocycles. The standard InChI is InChI=1S/C33H33ClN8O3S/c1-20-7-5-8-24(34)29(20)38-32(44)27-18-36-33(46-27)39-30-26(45-4)11-10-25(37-30)22-15-21-16-23-19-41(28(43)9-6-12-40(2)3)13-14-42(23)31(21)35-17-22/h5-11,15-18H,12-14,19H2,1-4H3,(H,38,44)(H,36,37,39)/b9-6+. The molecule has 0 fully saturated rings. The molecular formula is C33H33ClN8O3S.